The van der Waals surface area contributed by atoms with Crippen molar-refractivity contribution < 1.29 is 22.7 Å². The molecule has 0 heterocycles. The molecule has 0 aliphatic carbocycles. The highest BCUT2D eigenvalue weighted by Crippen LogP contribution is 2.49. The summed E-state index contributed by atoms with van der Waals surface area (Å²) in [5.41, 5.74) is -6.42. The fourth-order valence-electron chi connectivity index (χ4n) is 1.94. The van der Waals surface area contributed by atoms with Crippen LogP contribution in [0, 0.1) is 0 Å². The third-order valence-electron chi connectivity index (χ3n) is 3.15. The Labute approximate surface area is 103 Å². The van der Waals surface area contributed by atoms with Crippen molar-refractivity contribution in [3.05, 3.63) is 35.9 Å². The smallest absolute Gasteiger partial charge is 0.378 e. The lowest BCUT2D eigenvalue weighted by Crippen LogP contribution is -2.56. The van der Waals surface area contributed by atoms with E-state index in [4.69, 9.17) is 0 Å². The maximum absolute atomic E-state index is 14.8. The quantitative estimate of drug-likeness (QED) is 0.816. The summed E-state index contributed by atoms with van der Waals surface area (Å²) in [6.07, 6.45) is -5.24. The standard InChI is InChI=1S/C13H16F4O/c1-3-9-12(14,10-7-5-4-6-8-10)11(2,18)13(15,16)17/h4-8,18H,3,9H2,1-2H3. The molecule has 5 heteroatoms. The second-order valence-corrected chi connectivity index (χ2v) is 4.49. The Morgan fingerprint density at radius 2 is 1.56 bits per heavy atom. The molecule has 1 rings (SSSR count). The lowest BCUT2D eigenvalue weighted by Gasteiger charge is -2.40. The zero-order valence-electron chi connectivity index (χ0n) is 10.3. The summed E-state index contributed by atoms with van der Waals surface area (Å²) in [7, 11) is 0. The van der Waals surface area contributed by atoms with Gasteiger partial charge in [-0.25, -0.2) is 4.39 Å². The maximum Gasteiger partial charge on any atom is 0.420 e. The Balaban J connectivity index is 3.33. The number of alkyl halides is 4. The first kappa shape index (κ1) is 15.0. The van der Waals surface area contributed by atoms with Crippen LogP contribution in [-0.4, -0.2) is 16.9 Å². The minimum atomic E-state index is -5.03. The highest BCUT2D eigenvalue weighted by Gasteiger charge is 2.64. The number of hydrogen-bond acceptors (Lipinski definition) is 1. The molecule has 0 aromatic heterocycles. The van der Waals surface area contributed by atoms with Crippen LogP contribution in [0.25, 0.3) is 0 Å². The molecule has 102 valence electrons. The summed E-state index contributed by atoms with van der Waals surface area (Å²) in [6, 6.07) is 7.00. The van der Waals surface area contributed by atoms with Crippen LogP contribution in [0.15, 0.2) is 30.3 Å². The van der Waals surface area contributed by atoms with Crippen molar-refractivity contribution in [3.63, 3.8) is 0 Å². The fourth-order valence-corrected chi connectivity index (χ4v) is 1.94. The number of benzene rings is 1. The Kier molecular flexibility index (Phi) is 4.05. The zero-order valence-corrected chi connectivity index (χ0v) is 10.3. The third-order valence-corrected chi connectivity index (χ3v) is 3.15. The molecule has 0 radical (unpaired) electrons. The highest BCUT2D eigenvalue weighted by atomic mass is 19.4. The third kappa shape index (κ3) is 2.36. The van der Waals surface area contributed by atoms with E-state index in [2.05, 4.69) is 0 Å². The maximum atomic E-state index is 14.8. The van der Waals surface area contributed by atoms with Gasteiger partial charge in [-0.15, -0.1) is 0 Å². The van der Waals surface area contributed by atoms with E-state index >= 15 is 0 Å². The lowest BCUT2D eigenvalue weighted by molar-refractivity contribution is -0.301. The van der Waals surface area contributed by atoms with Gasteiger partial charge in [0.05, 0.1) is 0 Å². The molecule has 1 aromatic rings. The average molecular weight is 264 g/mol. The molecule has 0 amide bonds. The molecule has 2 unspecified atom stereocenters. The van der Waals surface area contributed by atoms with Crippen LogP contribution >= 0.6 is 0 Å². The lowest BCUT2D eigenvalue weighted by atomic mass is 9.77. The van der Waals surface area contributed by atoms with Gasteiger partial charge in [-0.2, -0.15) is 13.2 Å². The molecular weight excluding hydrogens is 248 g/mol. The first-order chi connectivity index (χ1) is 8.17. The van der Waals surface area contributed by atoms with Gasteiger partial charge in [0, 0.05) is 0 Å². The van der Waals surface area contributed by atoms with Gasteiger partial charge < -0.3 is 5.11 Å². The van der Waals surface area contributed by atoms with E-state index in [0.717, 1.165) is 0 Å². The van der Waals surface area contributed by atoms with Gasteiger partial charge in [0.1, 0.15) is 0 Å². The van der Waals surface area contributed by atoms with Crippen molar-refractivity contribution in [1.82, 2.24) is 0 Å². The summed E-state index contributed by atoms with van der Waals surface area (Å²) in [5.74, 6) is 0. The van der Waals surface area contributed by atoms with Crippen molar-refractivity contribution in [2.45, 2.75) is 44.1 Å². The van der Waals surface area contributed by atoms with Crippen molar-refractivity contribution in [1.29, 1.82) is 0 Å². The Hall–Kier alpha value is -1.10. The minimum Gasteiger partial charge on any atom is -0.378 e. The summed E-state index contributed by atoms with van der Waals surface area (Å²) in [5, 5.41) is 9.65. The summed E-state index contributed by atoms with van der Waals surface area (Å²) >= 11 is 0. The van der Waals surface area contributed by atoms with E-state index in [1.165, 1.54) is 24.3 Å². The van der Waals surface area contributed by atoms with Crippen molar-refractivity contribution >= 4 is 0 Å². The molecule has 0 saturated carbocycles. The highest BCUT2D eigenvalue weighted by molar-refractivity contribution is 5.27. The second kappa shape index (κ2) is 4.88. The van der Waals surface area contributed by atoms with E-state index in [-0.39, 0.29) is 12.0 Å². The molecule has 0 aliphatic rings. The van der Waals surface area contributed by atoms with Gasteiger partial charge in [0.15, 0.2) is 11.3 Å². The Morgan fingerprint density at radius 1 is 1.06 bits per heavy atom. The number of aliphatic hydroxyl groups is 1. The molecule has 2 atom stereocenters. The summed E-state index contributed by atoms with van der Waals surface area (Å²) in [6.45, 7) is 2.05. The molecule has 1 N–H and O–H groups in total. The average Bonchev–Trinajstić information content (AvgIpc) is 2.28. The topological polar surface area (TPSA) is 20.2 Å². The van der Waals surface area contributed by atoms with Gasteiger partial charge in [0.2, 0.25) is 0 Å². The molecule has 0 saturated heterocycles. The van der Waals surface area contributed by atoms with E-state index in [9.17, 15) is 22.7 Å². The monoisotopic (exact) mass is 264 g/mol. The van der Waals surface area contributed by atoms with Gasteiger partial charge in [-0.3, -0.25) is 0 Å². The number of halogens is 4. The van der Waals surface area contributed by atoms with Crippen LogP contribution < -0.4 is 0 Å². The predicted molar refractivity (Wildman–Crippen MR) is 60.8 cm³/mol. The van der Waals surface area contributed by atoms with Crippen molar-refractivity contribution in [3.8, 4) is 0 Å². The summed E-state index contributed by atoms with van der Waals surface area (Å²) in [4.78, 5) is 0. The minimum absolute atomic E-state index is 0.158. The number of rotatable bonds is 4. The first-order valence-electron chi connectivity index (χ1n) is 5.70. The van der Waals surface area contributed by atoms with Gasteiger partial charge in [-0.05, 0) is 18.9 Å². The molecular formula is C13H16F4O. The van der Waals surface area contributed by atoms with Crippen LogP contribution in [0.1, 0.15) is 32.3 Å². The molecule has 0 bridgehead atoms. The first-order valence-corrected chi connectivity index (χ1v) is 5.70. The molecule has 0 fully saturated rings. The van der Waals surface area contributed by atoms with Crippen LogP contribution in [0.5, 0.6) is 0 Å². The molecule has 18 heavy (non-hydrogen) atoms. The van der Waals surface area contributed by atoms with E-state index in [1.54, 1.807) is 13.0 Å². The SMILES string of the molecule is CCCC(F)(c1ccccc1)C(C)(O)C(F)(F)F. The van der Waals surface area contributed by atoms with E-state index in [1.807, 2.05) is 0 Å². The van der Waals surface area contributed by atoms with Crippen LogP contribution in [0.4, 0.5) is 17.6 Å². The normalized spacial score (nSPS) is 19.1. The Bertz CT molecular complexity index is 386. The molecule has 0 aliphatic heterocycles. The van der Waals surface area contributed by atoms with Gasteiger partial charge in [-0.1, -0.05) is 43.7 Å². The van der Waals surface area contributed by atoms with Gasteiger partial charge >= 0.3 is 6.18 Å². The number of hydrogen-bond donors (Lipinski definition) is 1. The van der Waals surface area contributed by atoms with Crippen LogP contribution in [-0.2, 0) is 5.67 Å². The Morgan fingerprint density at radius 3 is 1.94 bits per heavy atom. The van der Waals surface area contributed by atoms with Crippen molar-refractivity contribution in [2.75, 3.05) is 0 Å². The largest absolute Gasteiger partial charge is 0.420 e. The fraction of sp³-hybridized carbons (Fsp3) is 0.538. The van der Waals surface area contributed by atoms with E-state index < -0.39 is 23.9 Å². The van der Waals surface area contributed by atoms with Crippen molar-refractivity contribution in [2.24, 2.45) is 0 Å². The van der Waals surface area contributed by atoms with Gasteiger partial charge in [0.25, 0.3) is 0 Å². The molecule has 1 nitrogen and oxygen atoms in total. The second-order valence-electron chi connectivity index (χ2n) is 4.49. The summed E-state index contributed by atoms with van der Waals surface area (Å²) < 4.78 is 53.4. The van der Waals surface area contributed by atoms with Crippen LogP contribution in [0.3, 0.4) is 0 Å². The molecule has 1 aromatic carbocycles. The van der Waals surface area contributed by atoms with E-state index in [0.29, 0.717) is 6.92 Å². The zero-order chi connectivity index (χ0) is 14.0. The molecule has 0 spiro atoms. The predicted octanol–water partition coefficient (Wildman–Crippen LogP) is 3.96. The van der Waals surface area contributed by atoms with Crippen LogP contribution in [0.2, 0.25) is 0 Å².